The number of hydrogen-bond donors (Lipinski definition) is 1. The van der Waals surface area contributed by atoms with E-state index in [4.69, 9.17) is 10.2 Å². The number of amides is 2. The van der Waals surface area contributed by atoms with Crippen molar-refractivity contribution in [2.24, 2.45) is 11.7 Å². The molecule has 0 aliphatic carbocycles. The van der Waals surface area contributed by atoms with E-state index in [0.717, 1.165) is 0 Å². The van der Waals surface area contributed by atoms with Crippen molar-refractivity contribution in [2.75, 3.05) is 6.54 Å². The first-order valence-corrected chi connectivity index (χ1v) is 7.67. The van der Waals surface area contributed by atoms with Crippen molar-refractivity contribution in [3.05, 3.63) is 35.3 Å². The molecule has 2 N–H and O–H groups in total. The second-order valence-corrected chi connectivity index (χ2v) is 6.18. The van der Waals surface area contributed by atoms with E-state index in [1.807, 2.05) is 6.92 Å². The van der Waals surface area contributed by atoms with Crippen LogP contribution in [0.2, 0.25) is 0 Å². The maximum atomic E-state index is 13.4. The standard InChI is InChI=1S/C17H19FN2O3/c1-9-3-4-11(16(19)21)8-20(9)17(22)15-10(2)13-7-12(18)5-6-14(13)23-15/h5-7,9,11H,3-4,8H2,1-2H3,(H2,19,21)/t9-,11-/m0/s1. The molecule has 1 aliphatic heterocycles. The molecule has 2 atom stereocenters. The number of rotatable bonds is 2. The molecule has 0 radical (unpaired) electrons. The van der Waals surface area contributed by atoms with Crippen LogP contribution in [0.5, 0.6) is 0 Å². The van der Waals surface area contributed by atoms with E-state index in [1.165, 1.54) is 18.2 Å². The number of primary amides is 1. The molecule has 0 unspecified atom stereocenters. The monoisotopic (exact) mass is 318 g/mol. The minimum Gasteiger partial charge on any atom is -0.451 e. The van der Waals surface area contributed by atoms with Crippen molar-refractivity contribution < 1.29 is 18.4 Å². The fourth-order valence-electron chi connectivity index (χ4n) is 3.15. The predicted octanol–water partition coefficient (Wildman–Crippen LogP) is 2.61. The average molecular weight is 318 g/mol. The minimum atomic E-state index is -0.391. The van der Waals surface area contributed by atoms with Crippen LogP contribution in [0.15, 0.2) is 22.6 Å². The number of nitrogens with zero attached hydrogens (tertiary/aromatic N) is 1. The lowest BCUT2D eigenvalue weighted by Gasteiger charge is -2.36. The normalized spacial score (nSPS) is 21.6. The molecule has 1 fully saturated rings. The Hall–Kier alpha value is -2.37. The Balaban J connectivity index is 1.96. The number of piperidine rings is 1. The van der Waals surface area contributed by atoms with Gasteiger partial charge in [0.2, 0.25) is 5.91 Å². The number of fused-ring (bicyclic) bond motifs is 1. The molecular formula is C17H19FN2O3. The number of furan rings is 1. The zero-order valence-corrected chi connectivity index (χ0v) is 13.1. The molecule has 0 saturated carbocycles. The van der Waals surface area contributed by atoms with Crippen LogP contribution >= 0.6 is 0 Å². The molecule has 6 heteroatoms. The minimum absolute atomic E-state index is 0.00227. The van der Waals surface area contributed by atoms with Gasteiger partial charge >= 0.3 is 0 Å². The van der Waals surface area contributed by atoms with Gasteiger partial charge in [-0.05, 0) is 44.9 Å². The molecule has 2 heterocycles. The van der Waals surface area contributed by atoms with Gasteiger partial charge in [-0.1, -0.05) is 0 Å². The van der Waals surface area contributed by atoms with Gasteiger partial charge in [0.25, 0.3) is 5.91 Å². The van der Waals surface area contributed by atoms with Crippen LogP contribution in [0.4, 0.5) is 4.39 Å². The third-order valence-electron chi connectivity index (χ3n) is 4.64. The average Bonchev–Trinajstić information content (AvgIpc) is 2.83. The Bertz CT molecular complexity index is 783. The Morgan fingerprint density at radius 1 is 1.35 bits per heavy atom. The highest BCUT2D eigenvalue weighted by molar-refractivity contribution is 5.99. The van der Waals surface area contributed by atoms with E-state index in [1.54, 1.807) is 11.8 Å². The van der Waals surface area contributed by atoms with Gasteiger partial charge in [0, 0.05) is 23.5 Å². The van der Waals surface area contributed by atoms with Crippen LogP contribution in [0.25, 0.3) is 11.0 Å². The molecule has 122 valence electrons. The van der Waals surface area contributed by atoms with Gasteiger partial charge in [0.1, 0.15) is 11.4 Å². The topological polar surface area (TPSA) is 76.5 Å². The van der Waals surface area contributed by atoms with E-state index < -0.39 is 5.91 Å². The number of carbonyl (C=O) groups excluding carboxylic acids is 2. The van der Waals surface area contributed by atoms with Gasteiger partial charge in [-0.3, -0.25) is 9.59 Å². The van der Waals surface area contributed by atoms with Crippen molar-refractivity contribution in [1.29, 1.82) is 0 Å². The fourth-order valence-corrected chi connectivity index (χ4v) is 3.15. The van der Waals surface area contributed by atoms with Crippen molar-refractivity contribution in [2.45, 2.75) is 32.7 Å². The van der Waals surface area contributed by atoms with Crippen LogP contribution in [0.1, 0.15) is 35.9 Å². The summed E-state index contributed by atoms with van der Waals surface area (Å²) in [4.78, 5) is 25.9. The van der Waals surface area contributed by atoms with Crippen LogP contribution in [-0.4, -0.2) is 29.3 Å². The summed E-state index contributed by atoms with van der Waals surface area (Å²) >= 11 is 0. The number of benzene rings is 1. The van der Waals surface area contributed by atoms with E-state index >= 15 is 0 Å². The van der Waals surface area contributed by atoms with Gasteiger partial charge in [0.15, 0.2) is 5.76 Å². The SMILES string of the molecule is Cc1c(C(=O)N2C[C@@H](C(N)=O)CC[C@@H]2C)oc2ccc(F)cc12. The van der Waals surface area contributed by atoms with E-state index in [0.29, 0.717) is 35.9 Å². The lowest BCUT2D eigenvalue weighted by molar-refractivity contribution is -0.123. The molecule has 1 aromatic carbocycles. The van der Waals surface area contributed by atoms with Crippen LogP contribution in [-0.2, 0) is 4.79 Å². The summed E-state index contributed by atoms with van der Waals surface area (Å²) < 4.78 is 19.0. The molecule has 23 heavy (non-hydrogen) atoms. The zero-order valence-electron chi connectivity index (χ0n) is 13.1. The highest BCUT2D eigenvalue weighted by atomic mass is 19.1. The molecule has 5 nitrogen and oxygen atoms in total. The van der Waals surface area contributed by atoms with Crippen molar-refractivity contribution in [3.63, 3.8) is 0 Å². The lowest BCUT2D eigenvalue weighted by atomic mass is 9.92. The first kappa shape index (κ1) is 15.5. The maximum absolute atomic E-state index is 13.4. The van der Waals surface area contributed by atoms with Crippen LogP contribution in [0.3, 0.4) is 0 Å². The van der Waals surface area contributed by atoms with Gasteiger partial charge in [-0.2, -0.15) is 0 Å². The Labute approximate surface area is 133 Å². The third-order valence-corrected chi connectivity index (χ3v) is 4.64. The molecule has 0 bridgehead atoms. The first-order valence-electron chi connectivity index (χ1n) is 7.67. The largest absolute Gasteiger partial charge is 0.451 e. The summed E-state index contributed by atoms with van der Waals surface area (Å²) in [5.41, 5.74) is 6.46. The molecule has 1 aliphatic rings. The van der Waals surface area contributed by atoms with Gasteiger partial charge in [-0.25, -0.2) is 4.39 Å². The highest BCUT2D eigenvalue weighted by Crippen LogP contribution is 2.29. The molecular weight excluding hydrogens is 299 g/mol. The maximum Gasteiger partial charge on any atom is 0.290 e. The van der Waals surface area contributed by atoms with E-state index in [2.05, 4.69) is 0 Å². The second-order valence-electron chi connectivity index (χ2n) is 6.18. The molecule has 0 spiro atoms. The van der Waals surface area contributed by atoms with Crippen molar-refractivity contribution in [1.82, 2.24) is 4.90 Å². The smallest absolute Gasteiger partial charge is 0.290 e. The fraction of sp³-hybridized carbons (Fsp3) is 0.412. The first-order chi connectivity index (χ1) is 10.9. The van der Waals surface area contributed by atoms with Gasteiger partial charge < -0.3 is 15.1 Å². The highest BCUT2D eigenvalue weighted by Gasteiger charge is 2.34. The van der Waals surface area contributed by atoms with Gasteiger partial charge in [-0.15, -0.1) is 0 Å². The zero-order chi connectivity index (χ0) is 16.7. The number of likely N-dealkylation sites (tertiary alicyclic amines) is 1. The number of halogens is 1. The van der Waals surface area contributed by atoms with Crippen molar-refractivity contribution in [3.8, 4) is 0 Å². The quantitative estimate of drug-likeness (QED) is 0.924. The summed E-state index contributed by atoms with van der Waals surface area (Å²) in [6.45, 7) is 3.96. The lowest BCUT2D eigenvalue weighted by Crippen LogP contribution is -2.48. The summed E-state index contributed by atoms with van der Waals surface area (Å²) in [6, 6.07) is 4.17. The summed E-state index contributed by atoms with van der Waals surface area (Å²) in [5.74, 6) is -1.18. The summed E-state index contributed by atoms with van der Waals surface area (Å²) in [6.07, 6.45) is 1.40. The number of aryl methyl sites for hydroxylation is 1. The predicted molar refractivity (Wildman–Crippen MR) is 83.3 cm³/mol. The summed E-state index contributed by atoms with van der Waals surface area (Å²) in [7, 11) is 0. The third kappa shape index (κ3) is 2.69. The van der Waals surface area contributed by atoms with Crippen LogP contribution in [0, 0.1) is 18.7 Å². The van der Waals surface area contributed by atoms with E-state index in [9.17, 15) is 14.0 Å². The second kappa shape index (κ2) is 5.68. The molecule has 1 saturated heterocycles. The summed E-state index contributed by atoms with van der Waals surface area (Å²) in [5, 5.41) is 0.587. The van der Waals surface area contributed by atoms with Crippen molar-refractivity contribution >= 4 is 22.8 Å². The Kier molecular flexibility index (Phi) is 3.83. The number of hydrogen-bond acceptors (Lipinski definition) is 3. The number of nitrogens with two attached hydrogens (primary N) is 1. The molecule has 3 rings (SSSR count). The van der Waals surface area contributed by atoms with Gasteiger partial charge in [0.05, 0.1) is 5.92 Å². The van der Waals surface area contributed by atoms with Crippen LogP contribution < -0.4 is 5.73 Å². The Morgan fingerprint density at radius 2 is 2.09 bits per heavy atom. The Morgan fingerprint density at radius 3 is 2.78 bits per heavy atom. The molecule has 2 aromatic rings. The van der Waals surface area contributed by atoms with E-state index in [-0.39, 0.29) is 29.4 Å². The number of carbonyl (C=O) groups is 2. The molecule has 1 aromatic heterocycles. The molecule has 2 amide bonds.